The van der Waals surface area contributed by atoms with E-state index in [1.807, 2.05) is 19.1 Å². The van der Waals surface area contributed by atoms with Crippen LogP contribution in [-0.4, -0.2) is 24.4 Å². The van der Waals surface area contributed by atoms with Gasteiger partial charge in [-0.15, -0.1) is 0 Å². The third-order valence-corrected chi connectivity index (χ3v) is 6.22. The predicted octanol–water partition coefficient (Wildman–Crippen LogP) is 2.66. The van der Waals surface area contributed by atoms with Crippen LogP contribution < -0.4 is 10.2 Å². The van der Waals surface area contributed by atoms with E-state index in [4.69, 9.17) is 0 Å². The monoisotopic (exact) mass is 308 g/mol. The zero-order chi connectivity index (χ0) is 16.7. The summed E-state index contributed by atoms with van der Waals surface area (Å²) in [7, 11) is 2.07. The van der Waals surface area contributed by atoms with Crippen LogP contribution in [0.3, 0.4) is 0 Å². The Morgan fingerprint density at radius 3 is 2.35 bits per heavy atom. The van der Waals surface area contributed by atoms with E-state index in [0.717, 1.165) is 22.4 Å². The van der Waals surface area contributed by atoms with Crippen LogP contribution in [0.2, 0.25) is 0 Å². The van der Waals surface area contributed by atoms with E-state index in [0.29, 0.717) is 11.1 Å². The summed E-state index contributed by atoms with van der Waals surface area (Å²) in [6.07, 6.45) is 0. The molecule has 0 bridgehead atoms. The van der Waals surface area contributed by atoms with E-state index in [9.17, 15) is 9.59 Å². The van der Waals surface area contributed by atoms with Gasteiger partial charge in [0, 0.05) is 29.3 Å². The van der Waals surface area contributed by atoms with Gasteiger partial charge in [-0.2, -0.15) is 0 Å². The van der Waals surface area contributed by atoms with Gasteiger partial charge in [-0.1, -0.05) is 32.0 Å². The minimum absolute atomic E-state index is 0.251. The van der Waals surface area contributed by atoms with Gasteiger partial charge in [0.05, 0.1) is 11.1 Å². The molecule has 2 aliphatic heterocycles. The molecule has 0 saturated heterocycles. The first kappa shape index (κ1) is 14.2. The maximum atomic E-state index is 12.5. The van der Waals surface area contributed by atoms with E-state index >= 15 is 0 Å². The van der Waals surface area contributed by atoms with Crippen molar-refractivity contribution in [3.63, 3.8) is 0 Å². The molecule has 118 valence electrons. The Hall–Kier alpha value is -2.36. The highest BCUT2D eigenvalue weighted by atomic mass is 16.2. The second-order valence-electron chi connectivity index (χ2n) is 7.31. The van der Waals surface area contributed by atoms with Gasteiger partial charge in [0.25, 0.3) is 11.8 Å². The number of nitrogens with zero attached hydrogens (tertiary/aromatic N) is 1. The number of nitrogens with one attached hydrogen (secondary N) is 1. The Kier molecular flexibility index (Phi) is 2.44. The number of fused-ring (bicyclic) bond motifs is 3. The molecule has 3 aliphatic rings. The number of benzene rings is 1. The van der Waals surface area contributed by atoms with Crippen molar-refractivity contribution in [1.82, 2.24) is 5.32 Å². The number of para-hydroxylation sites is 1. The molecule has 23 heavy (non-hydrogen) atoms. The number of likely N-dealkylation sites (N-methyl/N-ethyl adjacent to an activating group) is 1. The van der Waals surface area contributed by atoms with Crippen LogP contribution in [0.25, 0.3) is 5.57 Å². The molecule has 4 heteroatoms. The van der Waals surface area contributed by atoms with Crippen molar-refractivity contribution in [2.45, 2.75) is 33.2 Å². The maximum Gasteiger partial charge on any atom is 0.258 e. The average molecular weight is 308 g/mol. The van der Waals surface area contributed by atoms with E-state index < -0.39 is 5.41 Å². The molecule has 0 fully saturated rings. The Morgan fingerprint density at radius 1 is 1.00 bits per heavy atom. The van der Waals surface area contributed by atoms with Crippen molar-refractivity contribution in [3.05, 3.63) is 46.5 Å². The number of anilines is 1. The Balaban J connectivity index is 2.15. The van der Waals surface area contributed by atoms with Crippen LogP contribution in [-0.2, 0) is 9.59 Å². The maximum absolute atomic E-state index is 12.5. The number of hydrogen-bond acceptors (Lipinski definition) is 3. The van der Waals surface area contributed by atoms with Gasteiger partial charge in [0.15, 0.2) is 0 Å². The van der Waals surface area contributed by atoms with Gasteiger partial charge in [-0.3, -0.25) is 14.9 Å². The van der Waals surface area contributed by atoms with Crippen LogP contribution in [0.5, 0.6) is 0 Å². The first-order valence-corrected chi connectivity index (χ1v) is 7.88. The molecule has 4 rings (SSSR count). The fourth-order valence-electron chi connectivity index (χ4n) is 4.72. The molecule has 2 heterocycles. The molecule has 0 saturated carbocycles. The number of amides is 2. The van der Waals surface area contributed by atoms with Crippen LogP contribution in [0.1, 0.15) is 33.3 Å². The summed E-state index contributed by atoms with van der Waals surface area (Å²) in [6.45, 7) is 8.27. The average Bonchev–Trinajstić information content (AvgIpc) is 2.92. The molecule has 0 aromatic heterocycles. The number of hydrogen-bond donors (Lipinski definition) is 1. The molecular weight excluding hydrogens is 288 g/mol. The summed E-state index contributed by atoms with van der Waals surface area (Å²) in [6, 6.07) is 8.25. The first-order chi connectivity index (χ1) is 10.7. The minimum atomic E-state index is -0.485. The lowest BCUT2D eigenvalue weighted by atomic mass is 9.59. The highest BCUT2D eigenvalue weighted by Crippen LogP contribution is 2.61. The lowest BCUT2D eigenvalue weighted by molar-refractivity contribution is -0.124. The van der Waals surface area contributed by atoms with Crippen molar-refractivity contribution in [1.29, 1.82) is 0 Å². The summed E-state index contributed by atoms with van der Waals surface area (Å²) < 4.78 is 0. The van der Waals surface area contributed by atoms with Crippen molar-refractivity contribution in [3.8, 4) is 0 Å². The van der Waals surface area contributed by atoms with Crippen molar-refractivity contribution in [2.75, 3.05) is 11.9 Å². The second-order valence-corrected chi connectivity index (χ2v) is 7.31. The van der Waals surface area contributed by atoms with Crippen LogP contribution in [0.15, 0.2) is 41.0 Å². The summed E-state index contributed by atoms with van der Waals surface area (Å²) in [5.41, 5.74) is 4.70. The fraction of sp³-hybridized carbons (Fsp3) is 0.368. The van der Waals surface area contributed by atoms with Crippen molar-refractivity contribution >= 4 is 23.1 Å². The second kappa shape index (κ2) is 3.94. The van der Waals surface area contributed by atoms with Gasteiger partial charge in [0.1, 0.15) is 0 Å². The topological polar surface area (TPSA) is 49.4 Å². The normalized spacial score (nSPS) is 28.0. The van der Waals surface area contributed by atoms with E-state index in [-0.39, 0.29) is 17.4 Å². The molecule has 1 aliphatic carbocycles. The zero-order valence-corrected chi connectivity index (χ0v) is 14.1. The summed E-state index contributed by atoms with van der Waals surface area (Å²) in [5, 5.41) is 2.49. The molecule has 0 radical (unpaired) electrons. The standard InChI is InChI=1S/C19H20N2O2/c1-10-13-15(17(23)20-16(13)22)18(2,3)19(4)14(10)11-8-6-7-9-12(11)21(19)5/h6-9H,1-5H3,(H,20,22,23)/t19-/m1/s1. The van der Waals surface area contributed by atoms with Gasteiger partial charge in [-0.25, -0.2) is 0 Å². The fourth-order valence-corrected chi connectivity index (χ4v) is 4.72. The number of rotatable bonds is 0. The van der Waals surface area contributed by atoms with E-state index in [2.05, 4.69) is 50.2 Å². The highest BCUT2D eigenvalue weighted by molar-refractivity contribution is 6.24. The minimum Gasteiger partial charge on any atom is -0.364 e. The third kappa shape index (κ3) is 1.34. The lowest BCUT2D eigenvalue weighted by Crippen LogP contribution is -2.56. The van der Waals surface area contributed by atoms with Gasteiger partial charge >= 0.3 is 0 Å². The summed E-state index contributed by atoms with van der Waals surface area (Å²) in [4.78, 5) is 27.1. The van der Waals surface area contributed by atoms with Crippen molar-refractivity contribution in [2.24, 2.45) is 5.41 Å². The molecule has 0 unspecified atom stereocenters. The molecule has 1 N–H and O–H groups in total. The lowest BCUT2D eigenvalue weighted by Gasteiger charge is -2.51. The van der Waals surface area contributed by atoms with Crippen LogP contribution in [0.4, 0.5) is 5.69 Å². The van der Waals surface area contributed by atoms with Crippen molar-refractivity contribution < 1.29 is 9.59 Å². The molecular formula is C19H20N2O2. The number of carbonyl (C=O) groups is 2. The Labute approximate surface area is 135 Å². The zero-order valence-electron chi connectivity index (χ0n) is 14.1. The van der Waals surface area contributed by atoms with Crippen LogP contribution >= 0.6 is 0 Å². The smallest absolute Gasteiger partial charge is 0.258 e. The van der Waals surface area contributed by atoms with E-state index in [1.165, 1.54) is 0 Å². The molecule has 1 atom stereocenters. The highest BCUT2D eigenvalue weighted by Gasteiger charge is 2.60. The number of imide groups is 1. The molecule has 2 amide bonds. The Morgan fingerprint density at radius 2 is 1.65 bits per heavy atom. The summed E-state index contributed by atoms with van der Waals surface area (Å²) in [5.74, 6) is -0.517. The Bertz CT molecular complexity index is 860. The van der Waals surface area contributed by atoms with Crippen LogP contribution in [0, 0.1) is 5.41 Å². The molecule has 1 aromatic carbocycles. The quantitative estimate of drug-likeness (QED) is 0.750. The largest absolute Gasteiger partial charge is 0.364 e. The molecule has 1 aromatic rings. The third-order valence-electron chi connectivity index (χ3n) is 6.22. The summed E-state index contributed by atoms with van der Waals surface area (Å²) >= 11 is 0. The van der Waals surface area contributed by atoms with Gasteiger partial charge in [0.2, 0.25) is 0 Å². The van der Waals surface area contributed by atoms with Gasteiger partial charge in [-0.05, 0) is 31.1 Å². The number of carbonyl (C=O) groups excluding carboxylic acids is 2. The first-order valence-electron chi connectivity index (χ1n) is 7.88. The molecule has 4 nitrogen and oxygen atoms in total. The molecule has 0 spiro atoms. The van der Waals surface area contributed by atoms with E-state index in [1.54, 1.807) is 0 Å². The SMILES string of the molecule is CC1=C2c3ccccc3N(C)[C@@]2(C)C(C)(C)C2=C1C(=O)NC2=O. The van der Waals surface area contributed by atoms with Gasteiger partial charge < -0.3 is 4.90 Å². The predicted molar refractivity (Wildman–Crippen MR) is 89.8 cm³/mol.